The predicted octanol–water partition coefficient (Wildman–Crippen LogP) is 1.92. The Morgan fingerprint density at radius 2 is 1.89 bits per heavy atom. The number of hydrogen-bond donors (Lipinski definition) is 1. The highest BCUT2D eigenvalue weighted by Crippen LogP contribution is 2.20. The van der Waals surface area contributed by atoms with Crippen molar-refractivity contribution in [2.45, 2.75) is 39.5 Å². The van der Waals surface area contributed by atoms with E-state index in [1.54, 1.807) is 0 Å². The van der Waals surface area contributed by atoms with E-state index in [0.717, 1.165) is 62.0 Å². The Hall–Kier alpha value is -1.41. The number of rotatable bonds is 6. The second-order valence-electron chi connectivity index (χ2n) is 7.53. The third kappa shape index (κ3) is 5.54. The van der Waals surface area contributed by atoms with Crippen LogP contribution in [0.1, 0.15) is 38.9 Å². The topological polar surface area (TPSA) is 59.9 Å². The van der Waals surface area contributed by atoms with Crippen molar-refractivity contribution in [2.24, 2.45) is 10.9 Å². The normalized spacial score (nSPS) is 20.3. The summed E-state index contributed by atoms with van der Waals surface area (Å²) in [7, 11) is 1.90. The average molecular weight is 394 g/mol. The summed E-state index contributed by atoms with van der Waals surface area (Å²) in [4.78, 5) is 16.5. The van der Waals surface area contributed by atoms with Gasteiger partial charge in [-0.25, -0.2) is 4.98 Å². The van der Waals surface area contributed by atoms with Gasteiger partial charge in [-0.2, -0.15) is 4.37 Å². The van der Waals surface area contributed by atoms with Crippen LogP contribution < -0.4 is 10.2 Å². The van der Waals surface area contributed by atoms with Crippen molar-refractivity contribution < 1.29 is 0 Å². The molecule has 0 aliphatic carbocycles. The molecule has 0 amide bonds. The first-order chi connectivity index (χ1) is 13.2. The lowest BCUT2D eigenvalue weighted by Gasteiger charge is -2.37. The van der Waals surface area contributed by atoms with Gasteiger partial charge in [-0.15, -0.1) is 0 Å². The van der Waals surface area contributed by atoms with Crippen LogP contribution in [0.15, 0.2) is 4.99 Å². The molecule has 1 N–H and O–H groups in total. The molecular formula is C19H35N7S. The van der Waals surface area contributed by atoms with Crippen molar-refractivity contribution in [2.75, 3.05) is 64.3 Å². The molecule has 0 saturated carbocycles. The van der Waals surface area contributed by atoms with Gasteiger partial charge < -0.3 is 20.0 Å². The number of likely N-dealkylation sites (tertiary alicyclic amines) is 1. The summed E-state index contributed by atoms with van der Waals surface area (Å²) in [5.74, 6) is 2.78. The first-order valence-corrected chi connectivity index (χ1v) is 11.3. The summed E-state index contributed by atoms with van der Waals surface area (Å²) in [5, 5.41) is 4.70. The summed E-state index contributed by atoms with van der Waals surface area (Å²) in [5.41, 5.74) is 0. The number of guanidine groups is 1. The maximum atomic E-state index is 4.62. The van der Waals surface area contributed by atoms with Crippen molar-refractivity contribution >= 4 is 22.6 Å². The van der Waals surface area contributed by atoms with Crippen molar-refractivity contribution in [3.05, 3.63) is 5.82 Å². The van der Waals surface area contributed by atoms with Crippen molar-refractivity contribution in [1.82, 2.24) is 24.5 Å². The second-order valence-corrected chi connectivity index (χ2v) is 8.26. The molecule has 2 aliphatic heterocycles. The molecule has 0 radical (unpaired) electrons. The van der Waals surface area contributed by atoms with Crippen LogP contribution in [0.5, 0.6) is 0 Å². The number of aliphatic imine (C=N–C) groups is 1. The fraction of sp³-hybridized carbons (Fsp3) is 0.842. The van der Waals surface area contributed by atoms with E-state index >= 15 is 0 Å². The zero-order valence-electron chi connectivity index (χ0n) is 17.2. The average Bonchev–Trinajstić information content (AvgIpc) is 3.20. The standard InChI is InChI=1S/C19H35N7S/c1-4-8-24-9-6-16(7-10-24)15-21-18(20-3)25-11-13-26(14-12-25)19-22-17(5-2)23-27-19/h16H,4-15H2,1-3H3,(H,20,21). The van der Waals surface area contributed by atoms with Gasteiger partial charge in [0.25, 0.3) is 0 Å². The number of aromatic nitrogens is 2. The highest BCUT2D eigenvalue weighted by atomic mass is 32.1. The maximum Gasteiger partial charge on any atom is 0.205 e. The van der Waals surface area contributed by atoms with Gasteiger partial charge in [0.05, 0.1) is 0 Å². The highest BCUT2D eigenvalue weighted by molar-refractivity contribution is 7.09. The lowest BCUT2D eigenvalue weighted by Crippen LogP contribution is -2.53. The zero-order valence-corrected chi connectivity index (χ0v) is 18.0. The molecule has 0 unspecified atom stereocenters. The Balaban J connectivity index is 1.41. The molecule has 3 rings (SSSR count). The fourth-order valence-corrected chi connectivity index (χ4v) is 4.73. The minimum atomic E-state index is 0.769. The van der Waals surface area contributed by atoms with Crippen LogP contribution >= 0.6 is 11.5 Å². The van der Waals surface area contributed by atoms with Crippen LogP contribution in [0.4, 0.5) is 5.13 Å². The van der Waals surface area contributed by atoms with Gasteiger partial charge in [-0.3, -0.25) is 4.99 Å². The Morgan fingerprint density at radius 1 is 1.15 bits per heavy atom. The number of nitrogens with one attached hydrogen (secondary N) is 1. The monoisotopic (exact) mass is 393 g/mol. The molecule has 7 nitrogen and oxygen atoms in total. The quantitative estimate of drug-likeness (QED) is 0.589. The molecule has 1 aromatic heterocycles. The number of anilines is 1. The van der Waals surface area contributed by atoms with Gasteiger partial charge in [0.2, 0.25) is 5.13 Å². The van der Waals surface area contributed by atoms with E-state index in [0.29, 0.717) is 0 Å². The van der Waals surface area contributed by atoms with Crippen LogP contribution in [0, 0.1) is 5.92 Å². The second kappa shape index (κ2) is 10.2. The largest absolute Gasteiger partial charge is 0.356 e. The summed E-state index contributed by atoms with van der Waals surface area (Å²) in [6.45, 7) is 13.1. The molecule has 8 heteroatoms. The molecule has 0 atom stereocenters. The van der Waals surface area contributed by atoms with Crippen LogP contribution in [0.25, 0.3) is 0 Å². The van der Waals surface area contributed by atoms with Crippen LogP contribution in [-0.2, 0) is 6.42 Å². The molecule has 2 saturated heterocycles. The molecule has 3 heterocycles. The number of aryl methyl sites for hydroxylation is 1. The van der Waals surface area contributed by atoms with Crippen LogP contribution in [0.3, 0.4) is 0 Å². The van der Waals surface area contributed by atoms with E-state index in [1.807, 2.05) is 7.05 Å². The number of nitrogens with zero attached hydrogens (tertiary/aromatic N) is 6. The first kappa shape index (κ1) is 20.3. The number of piperazine rings is 1. The summed E-state index contributed by atoms with van der Waals surface area (Å²) < 4.78 is 4.41. The molecule has 27 heavy (non-hydrogen) atoms. The van der Waals surface area contributed by atoms with Gasteiger partial charge in [0.1, 0.15) is 5.82 Å². The summed E-state index contributed by atoms with van der Waals surface area (Å²) in [6, 6.07) is 0. The molecule has 152 valence electrons. The Labute approximate surface area is 168 Å². The van der Waals surface area contributed by atoms with Gasteiger partial charge >= 0.3 is 0 Å². The van der Waals surface area contributed by atoms with E-state index in [2.05, 4.69) is 48.2 Å². The molecule has 2 fully saturated rings. The summed E-state index contributed by atoms with van der Waals surface area (Å²) >= 11 is 1.53. The number of piperidine rings is 1. The van der Waals surface area contributed by atoms with E-state index < -0.39 is 0 Å². The van der Waals surface area contributed by atoms with E-state index in [-0.39, 0.29) is 0 Å². The van der Waals surface area contributed by atoms with E-state index in [1.165, 1.54) is 50.4 Å². The van der Waals surface area contributed by atoms with Crippen molar-refractivity contribution in [3.8, 4) is 0 Å². The Kier molecular flexibility index (Phi) is 7.70. The Bertz CT molecular complexity index is 587. The van der Waals surface area contributed by atoms with Crippen molar-refractivity contribution in [3.63, 3.8) is 0 Å². The number of hydrogen-bond acceptors (Lipinski definition) is 6. The van der Waals surface area contributed by atoms with Gasteiger partial charge in [-0.05, 0) is 44.8 Å². The molecule has 0 aromatic carbocycles. The lowest BCUT2D eigenvalue weighted by atomic mass is 9.97. The zero-order chi connectivity index (χ0) is 19.1. The van der Waals surface area contributed by atoms with Crippen LogP contribution in [0.2, 0.25) is 0 Å². The van der Waals surface area contributed by atoms with Crippen molar-refractivity contribution in [1.29, 1.82) is 0 Å². The molecular weight excluding hydrogens is 358 g/mol. The summed E-state index contributed by atoms with van der Waals surface area (Å²) in [6.07, 6.45) is 4.77. The maximum absolute atomic E-state index is 4.62. The highest BCUT2D eigenvalue weighted by Gasteiger charge is 2.23. The minimum Gasteiger partial charge on any atom is -0.356 e. The molecule has 1 aromatic rings. The third-order valence-corrected chi connectivity index (χ3v) is 6.45. The van der Waals surface area contributed by atoms with E-state index in [4.69, 9.17) is 0 Å². The fourth-order valence-electron chi connectivity index (χ4n) is 3.92. The Morgan fingerprint density at radius 3 is 2.48 bits per heavy atom. The van der Waals surface area contributed by atoms with Gasteiger partial charge in [0.15, 0.2) is 5.96 Å². The first-order valence-electron chi connectivity index (χ1n) is 10.5. The predicted molar refractivity (Wildman–Crippen MR) is 114 cm³/mol. The van der Waals surface area contributed by atoms with E-state index in [9.17, 15) is 0 Å². The minimum absolute atomic E-state index is 0.769. The smallest absolute Gasteiger partial charge is 0.205 e. The lowest BCUT2D eigenvalue weighted by molar-refractivity contribution is 0.184. The third-order valence-electron chi connectivity index (χ3n) is 5.63. The SMILES string of the molecule is CCCN1CCC(CNC(=NC)N2CCN(c3nc(CC)ns3)CC2)CC1. The van der Waals surface area contributed by atoms with Gasteiger partial charge in [-0.1, -0.05) is 13.8 Å². The molecule has 0 bridgehead atoms. The van der Waals surface area contributed by atoms with Gasteiger partial charge in [0, 0.05) is 57.7 Å². The molecule has 2 aliphatic rings. The van der Waals surface area contributed by atoms with Crippen LogP contribution in [-0.4, -0.2) is 84.5 Å². The molecule has 0 spiro atoms.